The SMILES string of the molecule is C=CCNc1ccc2c(c1)CCC2. The summed E-state index contributed by atoms with van der Waals surface area (Å²) in [6.07, 6.45) is 5.71. The van der Waals surface area contributed by atoms with Crippen molar-refractivity contribution in [3.05, 3.63) is 42.0 Å². The number of anilines is 1. The Balaban J connectivity index is 2.16. The van der Waals surface area contributed by atoms with Crippen molar-refractivity contribution in [2.75, 3.05) is 11.9 Å². The van der Waals surface area contributed by atoms with Crippen molar-refractivity contribution in [2.45, 2.75) is 19.3 Å². The molecular weight excluding hydrogens is 158 g/mol. The van der Waals surface area contributed by atoms with Crippen LogP contribution in [-0.4, -0.2) is 6.54 Å². The lowest BCUT2D eigenvalue weighted by atomic mass is 10.1. The minimum Gasteiger partial charge on any atom is -0.382 e. The molecule has 0 aromatic heterocycles. The van der Waals surface area contributed by atoms with Crippen LogP contribution in [0.2, 0.25) is 0 Å². The molecular formula is C12H15N. The van der Waals surface area contributed by atoms with Crippen LogP contribution in [0.4, 0.5) is 5.69 Å². The van der Waals surface area contributed by atoms with Gasteiger partial charge in [-0.25, -0.2) is 0 Å². The maximum absolute atomic E-state index is 3.69. The minimum atomic E-state index is 0.846. The van der Waals surface area contributed by atoms with Crippen LogP contribution < -0.4 is 5.32 Å². The van der Waals surface area contributed by atoms with Gasteiger partial charge in [0.15, 0.2) is 0 Å². The number of rotatable bonds is 3. The summed E-state index contributed by atoms with van der Waals surface area (Å²) in [5, 5.41) is 3.31. The van der Waals surface area contributed by atoms with E-state index < -0.39 is 0 Å². The Labute approximate surface area is 79.5 Å². The van der Waals surface area contributed by atoms with Crippen LogP contribution >= 0.6 is 0 Å². The van der Waals surface area contributed by atoms with Gasteiger partial charge in [-0.1, -0.05) is 12.1 Å². The van der Waals surface area contributed by atoms with E-state index in [4.69, 9.17) is 0 Å². The summed E-state index contributed by atoms with van der Waals surface area (Å²) in [5.74, 6) is 0. The van der Waals surface area contributed by atoms with Crippen LogP contribution in [0.3, 0.4) is 0 Å². The molecule has 2 rings (SSSR count). The molecule has 1 nitrogen and oxygen atoms in total. The summed E-state index contributed by atoms with van der Waals surface area (Å²) >= 11 is 0. The number of benzene rings is 1. The van der Waals surface area contributed by atoms with Gasteiger partial charge in [0, 0.05) is 12.2 Å². The van der Waals surface area contributed by atoms with Crippen molar-refractivity contribution in [2.24, 2.45) is 0 Å². The largest absolute Gasteiger partial charge is 0.382 e. The molecule has 0 atom stereocenters. The third-order valence-electron chi connectivity index (χ3n) is 2.55. The molecule has 1 heteroatoms. The summed E-state index contributed by atoms with van der Waals surface area (Å²) in [5.41, 5.74) is 4.28. The molecule has 1 aromatic carbocycles. The van der Waals surface area contributed by atoms with E-state index in [1.54, 1.807) is 0 Å². The zero-order chi connectivity index (χ0) is 9.10. The van der Waals surface area contributed by atoms with Crippen LogP contribution in [-0.2, 0) is 12.8 Å². The second kappa shape index (κ2) is 3.65. The molecule has 13 heavy (non-hydrogen) atoms. The molecule has 68 valence electrons. The topological polar surface area (TPSA) is 12.0 Å². The number of nitrogens with one attached hydrogen (secondary N) is 1. The molecule has 1 aliphatic rings. The summed E-state index contributed by atoms with van der Waals surface area (Å²) in [7, 11) is 0. The fraction of sp³-hybridized carbons (Fsp3) is 0.333. The third-order valence-corrected chi connectivity index (χ3v) is 2.55. The maximum Gasteiger partial charge on any atom is 0.0345 e. The summed E-state index contributed by atoms with van der Waals surface area (Å²) in [6.45, 7) is 4.53. The van der Waals surface area contributed by atoms with Gasteiger partial charge in [0.2, 0.25) is 0 Å². The average molecular weight is 173 g/mol. The van der Waals surface area contributed by atoms with Gasteiger partial charge in [-0.05, 0) is 42.5 Å². The van der Waals surface area contributed by atoms with Crippen LogP contribution in [0.25, 0.3) is 0 Å². The first kappa shape index (κ1) is 8.36. The van der Waals surface area contributed by atoms with Crippen molar-refractivity contribution in [3.63, 3.8) is 0 Å². The van der Waals surface area contributed by atoms with Gasteiger partial charge in [0.25, 0.3) is 0 Å². The first-order valence-corrected chi connectivity index (χ1v) is 4.87. The van der Waals surface area contributed by atoms with Gasteiger partial charge >= 0.3 is 0 Å². The lowest BCUT2D eigenvalue weighted by Gasteiger charge is -2.05. The van der Waals surface area contributed by atoms with E-state index in [1.807, 2.05) is 6.08 Å². The van der Waals surface area contributed by atoms with Gasteiger partial charge in [-0.3, -0.25) is 0 Å². The van der Waals surface area contributed by atoms with Crippen molar-refractivity contribution < 1.29 is 0 Å². The van der Waals surface area contributed by atoms with E-state index in [1.165, 1.54) is 36.1 Å². The van der Waals surface area contributed by atoms with E-state index in [0.29, 0.717) is 0 Å². The van der Waals surface area contributed by atoms with Crippen LogP contribution in [0.15, 0.2) is 30.9 Å². The third kappa shape index (κ3) is 1.74. The molecule has 0 heterocycles. The highest BCUT2D eigenvalue weighted by molar-refractivity contribution is 5.50. The number of hydrogen-bond donors (Lipinski definition) is 1. The molecule has 0 amide bonds. The Morgan fingerprint density at radius 3 is 3.00 bits per heavy atom. The molecule has 0 aliphatic heterocycles. The first-order chi connectivity index (χ1) is 6.40. The average Bonchev–Trinajstić information content (AvgIpc) is 2.61. The summed E-state index contributed by atoms with van der Waals surface area (Å²) < 4.78 is 0. The summed E-state index contributed by atoms with van der Waals surface area (Å²) in [4.78, 5) is 0. The Bertz CT molecular complexity index is 315. The van der Waals surface area contributed by atoms with Gasteiger partial charge in [0.05, 0.1) is 0 Å². The first-order valence-electron chi connectivity index (χ1n) is 4.87. The number of fused-ring (bicyclic) bond motifs is 1. The highest BCUT2D eigenvalue weighted by Gasteiger charge is 2.09. The lowest BCUT2D eigenvalue weighted by molar-refractivity contribution is 0.912. The Morgan fingerprint density at radius 2 is 2.15 bits per heavy atom. The number of hydrogen-bond acceptors (Lipinski definition) is 1. The minimum absolute atomic E-state index is 0.846. The van der Waals surface area contributed by atoms with Gasteiger partial charge in [0.1, 0.15) is 0 Å². The maximum atomic E-state index is 3.69. The van der Waals surface area contributed by atoms with Crippen LogP contribution in [0.5, 0.6) is 0 Å². The Hall–Kier alpha value is -1.24. The van der Waals surface area contributed by atoms with E-state index in [2.05, 4.69) is 30.1 Å². The van der Waals surface area contributed by atoms with E-state index in [0.717, 1.165) is 6.54 Å². The van der Waals surface area contributed by atoms with Crippen molar-refractivity contribution >= 4 is 5.69 Å². The van der Waals surface area contributed by atoms with Crippen molar-refractivity contribution in [1.82, 2.24) is 0 Å². The Morgan fingerprint density at radius 1 is 1.31 bits per heavy atom. The number of aryl methyl sites for hydroxylation is 2. The molecule has 0 unspecified atom stereocenters. The molecule has 0 fully saturated rings. The molecule has 0 bridgehead atoms. The Kier molecular flexibility index (Phi) is 2.35. The van der Waals surface area contributed by atoms with Crippen LogP contribution in [0, 0.1) is 0 Å². The highest BCUT2D eigenvalue weighted by Crippen LogP contribution is 2.24. The van der Waals surface area contributed by atoms with Crippen molar-refractivity contribution in [3.8, 4) is 0 Å². The summed E-state index contributed by atoms with van der Waals surface area (Å²) in [6, 6.07) is 6.67. The monoisotopic (exact) mass is 173 g/mol. The fourth-order valence-electron chi connectivity index (χ4n) is 1.87. The van der Waals surface area contributed by atoms with Gasteiger partial charge in [-0.2, -0.15) is 0 Å². The van der Waals surface area contributed by atoms with Crippen LogP contribution in [0.1, 0.15) is 17.5 Å². The predicted molar refractivity (Wildman–Crippen MR) is 57.2 cm³/mol. The molecule has 1 N–H and O–H groups in total. The van der Waals surface area contributed by atoms with Crippen molar-refractivity contribution in [1.29, 1.82) is 0 Å². The van der Waals surface area contributed by atoms with E-state index in [9.17, 15) is 0 Å². The molecule has 0 saturated carbocycles. The molecule has 1 aromatic rings. The predicted octanol–water partition coefficient (Wildman–Crippen LogP) is 2.77. The second-order valence-corrected chi connectivity index (χ2v) is 3.51. The normalized spacial score (nSPS) is 13.8. The highest BCUT2D eigenvalue weighted by atomic mass is 14.8. The zero-order valence-corrected chi connectivity index (χ0v) is 7.84. The quantitative estimate of drug-likeness (QED) is 0.693. The standard InChI is InChI=1S/C12H15N/c1-2-8-13-12-7-6-10-4-3-5-11(10)9-12/h2,6-7,9,13H,1,3-5,8H2. The lowest BCUT2D eigenvalue weighted by Crippen LogP contribution is -1.98. The van der Waals surface area contributed by atoms with E-state index >= 15 is 0 Å². The fourth-order valence-corrected chi connectivity index (χ4v) is 1.87. The van der Waals surface area contributed by atoms with Gasteiger partial charge in [-0.15, -0.1) is 6.58 Å². The molecule has 0 spiro atoms. The molecule has 0 radical (unpaired) electrons. The smallest absolute Gasteiger partial charge is 0.0345 e. The zero-order valence-electron chi connectivity index (χ0n) is 7.84. The molecule has 0 saturated heterocycles. The molecule has 1 aliphatic carbocycles. The second-order valence-electron chi connectivity index (χ2n) is 3.51. The van der Waals surface area contributed by atoms with E-state index in [-0.39, 0.29) is 0 Å². The van der Waals surface area contributed by atoms with Gasteiger partial charge < -0.3 is 5.32 Å².